The lowest BCUT2D eigenvalue weighted by atomic mass is 9.99. The quantitative estimate of drug-likeness (QED) is 0.215. The van der Waals surface area contributed by atoms with Gasteiger partial charge < -0.3 is 14.0 Å². The van der Waals surface area contributed by atoms with Crippen molar-refractivity contribution in [2.24, 2.45) is 0 Å². The first-order valence-corrected chi connectivity index (χ1v) is 12.6. The molecule has 0 aliphatic heterocycles. The number of aryl methyl sites for hydroxylation is 2. The molecule has 0 fully saturated rings. The van der Waals surface area contributed by atoms with Gasteiger partial charge in [0.1, 0.15) is 17.1 Å². The monoisotopic (exact) mass is 541 g/mol. The van der Waals surface area contributed by atoms with Crippen molar-refractivity contribution in [3.63, 3.8) is 0 Å². The Balaban J connectivity index is 1.41. The van der Waals surface area contributed by atoms with Crippen LogP contribution in [0, 0.1) is 18.6 Å². The third-order valence-electron chi connectivity index (χ3n) is 6.52. The van der Waals surface area contributed by atoms with Crippen molar-refractivity contribution in [3.05, 3.63) is 112 Å². The molecule has 0 saturated heterocycles. The number of ketones is 1. The highest BCUT2D eigenvalue weighted by Crippen LogP contribution is 2.32. The van der Waals surface area contributed by atoms with Gasteiger partial charge in [0, 0.05) is 49.3 Å². The van der Waals surface area contributed by atoms with Crippen molar-refractivity contribution in [2.75, 3.05) is 7.11 Å². The van der Waals surface area contributed by atoms with Crippen molar-refractivity contribution < 1.29 is 23.0 Å². The third kappa shape index (κ3) is 5.31. The summed E-state index contributed by atoms with van der Waals surface area (Å²) in [7, 11) is 1.54. The summed E-state index contributed by atoms with van der Waals surface area (Å²) in [5.41, 5.74) is 2.29. The summed E-state index contributed by atoms with van der Waals surface area (Å²) in [6.45, 7) is 4.17. The van der Waals surface area contributed by atoms with Crippen LogP contribution in [0.15, 0.2) is 78.0 Å². The molecular weight excluding hydrogens is 516 g/mol. The second kappa shape index (κ2) is 11.1. The van der Waals surface area contributed by atoms with Crippen molar-refractivity contribution in [1.82, 2.24) is 14.5 Å². The highest BCUT2D eigenvalue weighted by atomic mass is 19.1. The topological polar surface area (TPSA) is 83.3 Å². The molecule has 40 heavy (non-hydrogen) atoms. The number of Topliss-reactive ketones (excluding diaryl/α,β-unsaturated/α-hetero) is 1. The summed E-state index contributed by atoms with van der Waals surface area (Å²) in [5.74, 6) is -0.720. The van der Waals surface area contributed by atoms with Crippen molar-refractivity contribution in [2.45, 2.75) is 26.8 Å². The zero-order chi connectivity index (χ0) is 28.4. The highest BCUT2D eigenvalue weighted by Gasteiger charge is 2.18. The number of ether oxygens (including phenoxy) is 2. The maximum atomic E-state index is 15.1. The van der Waals surface area contributed by atoms with Gasteiger partial charge in [0.15, 0.2) is 28.5 Å². The van der Waals surface area contributed by atoms with E-state index < -0.39 is 22.8 Å². The van der Waals surface area contributed by atoms with Gasteiger partial charge in [-0.15, -0.1) is 0 Å². The van der Waals surface area contributed by atoms with E-state index in [1.165, 1.54) is 48.8 Å². The van der Waals surface area contributed by atoms with E-state index in [9.17, 15) is 14.0 Å². The fourth-order valence-electron chi connectivity index (χ4n) is 4.39. The Morgan fingerprint density at radius 2 is 1.75 bits per heavy atom. The zero-order valence-corrected chi connectivity index (χ0v) is 22.1. The van der Waals surface area contributed by atoms with Crippen molar-refractivity contribution >= 4 is 16.8 Å². The minimum Gasteiger partial charge on any atom is -0.495 e. The smallest absolute Gasteiger partial charge is 0.200 e. The Morgan fingerprint density at radius 3 is 2.45 bits per heavy atom. The predicted octanol–water partition coefficient (Wildman–Crippen LogP) is 6.29. The number of nitrogens with zero attached hydrogens (tertiary/aromatic N) is 3. The fourth-order valence-corrected chi connectivity index (χ4v) is 4.39. The summed E-state index contributed by atoms with van der Waals surface area (Å²) >= 11 is 0. The number of rotatable bonds is 8. The van der Waals surface area contributed by atoms with Gasteiger partial charge in [0.25, 0.3) is 0 Å². The molecule has 0 spiro atoms. The van der Waals surface area contributed by atoms with Crippen LogP contribution in [-0.4, -0.2) is 27.4 Å². The van der Waals surface area contributed by atoms with Gasteiger partial charge in [-0.05, 0) is 49.2 Å². The maximum absolute atomic E-state index is 15.1. The minimum absolute atomic E-state index is 0.0236. The predicted molar refractivity (Wildman–Crippen MR) is 147 cm³/mol. The number of aromatic nitrogens is 3. The first-order chi connectivity index (χ1) is 19.3. The Morgan fingerprint density at radius 1 is 0.975 bits per heavy atom. The highest BCUT2D eigenvalue weighted by molar-refractivity contribution is 5.98. The molecule has 0 unspecified atom stereocenters. The fraction of sp³-hybridized carbons (Fsp3) is 0.161. The van der Waals surface area contributed by atoms with E-state index in [0.29, 0.717) is 45.9 Å². The van der Waals surface area contributed by atoms with Crippen LogP contribution >= 0.6 is 0 Å². The normalized spacial score (nSPS) is 11.0. The number of hydrogen-bond donors (Lipinski definition) is 0. The molecule has 5 aromatic rings. The first kappa shape index (κ1) is 26.7. The van der Waals surface area contributed by atoms with Gasteiger partial charge in [-0.2, -0.15) is 0 Å². The molecule has 3 aromatic heterocycles. The Labute approximate surface area is 228 Å². The summed E-state index contributed by atoms with van der Waals surface area (Å²) in [6, 6.07) is 13.0. The standard InChI is InChI=1S/C31H25F2N3O4/c1-4-36-16-22(20-6-8-21(32)9-7-20)31(38)23(17-36)26(37)14-19-5-10-27(24(33)13-19)40-28-11-12-34-25-15-29(39-3)18(2)35-30(25)28/h5-13,15-17H,4,14H2,1-3H3. The molecule has 0 atom stereocenters. The van der Waals surface area contributed by atoms with Gasteiger partial charge in [-0.25, -0.2) is 13.8 Å². The lowest BCUT2D eigenvalue weighted by Crippen LogP contribution is -2.21. The number of fused-ring (bicyclic) bond motifs is 1. The Kier molecular flexibility index (Phi) is 7.37. The molecule has 0 radical (unpaired) electrons. The molecule has 0 bridgehead atoms. The van der Waals surface area contributed by atoms with E-state index >= 15 is 4.39 Å². The van der Waals surface area contributed by atoms with Gasteiger partial charge in [-0.1, -0.05) is 18.2 Å². The van der Waals surface area contributed by atoms with Crippen LogP contribution in [0.4, 0.5) is 8.78 Å². The van der Waals surface area contributed by atoms with Crippen LogP contribution in [0.1, 0.15) is 28.5 Å². The van der Waals surface area contributed by atoms with E-state index in [-0.39, 0.29) is 23.3 Å². The Bertz CT molecular complexity index is 1800. The van der Waals surface area contributed by atoms with E-state index in [1.807, 2.05) is 6.92 Å². The molecule has 2 aromatic carbocycles. The van der Waals surface area contributed by atoms with Gasteiger partial charge >= 0.3 is 0 Å². The average molecular weight is 542 g/mol. The lowest BCUT2D eigenvalue weighted by molar-refractivity contribution is 0.0991. The molecule has 0 amide bonds. The second-order valence-corrected chi connectivity index (χ2v) is 9.17. The largest absolute Gasteiger partial charge is 0.495 e. The van der Waals surface area contributed by atoms with Crippen molar-refractivity contribution in [1.29, 1.82) is 0 Å². The van der Waals surface area contributed by atoms with Crippen LogP contribution in [0.2, 0.25) is 0 Å². The van der Waals surface area contributed by atoms with Gasteiger partial charge in [0.2, 0.25) is 0 Å². The molecule has 3 heterocycles. The number of pyridine rings is 3. The van der Waals surface area contributed by atoms with Crippen LogP contribution < -0.4 is 14.9 Å². The van der Waals surface area contributed by atoms with Crippen LogP contribution in [0.5, 0.6) is 17.2 Å². The summed E-state index contributed by atoms with van der Waals surface area (Å²) < 4.78 is 41.4. The lowest BCUT2D eigenvalue weighted by Gasteiger charge is -2.12. The minimum atomic E-state index is -0.675. The second-order valence-electron chi connectivity index (χ2n) is 9.17. The number of hydrogen-bond acceptors (Lipinski definition) is 6. The first-order valence-electron chi connectivity index (χ1n) is 12.6. The van der Waals surface area contributed by atoms with E-state index in [1.54, 1.807) is 43.0 Å². The number of halogens is 2. The van der Waals surface area contributed by atoms with Gasteiger partial charge in [-0.3, -0.25) is 14.6 Å². The zero-order valence-electron chi connectivity index (χ0n) is 22.1. The van der Waals surface area contributed by atoms with E-state index in [2.05, 4.69) is 9.97 Å². The number of methoxy groups -OCH3 is 1. The van der Waals surface area contributed by atoms with Crippen LogP contribution in [0.3, 0.4) is 0 Å². The van der Waals surface area contributed by atoms with Gasteiger partial charge in [0.05, 0.1) is 23.9 Å². The van der Waals surface area contributed by atoms with E-state index in [4.69, 9.17) is 9.47 Å². The Hall–Kier alpha value is -4.92. The van der Waals surface area contributed by atoms with E-state index in [0.717, 1.165) is 0 Å². The van der Waals surface area contributed by atoms with Crippen LogP contribution in [0.25, 0.3) is 22.2 Å². The molecule has 0 saturated carbocycles. The maximum Gasteiger partial charge on any atom is 0.200 e. The molecule has 9 heteroatoms. The molecule has 0 aliphatic carbocycles. The van der Waals surface area contributed by atoms with Crippen molar-refractivity contribution in [3.8, 4) is 28.4 Å². The summed E-state index contributed by atoms with van der Waals surface area (Å²) in [6.07, 6.45) is 4.46. The number of carbonyl (C=O) groups excluding carboxylic acids is 1. The van der Waals surface area contributed by atoms with Crippen LogP contribution in [-0.2, 0) is 13.0 Å². The third-order valence-corrected chi connectivity index (χ3v) is 6.52. The summed E-state index contributed by atoms with van der Waals surface area (Å²) in [5, 5.41) is 0. The number of carbonyl (C=O) groups is 1. The molecular formula is C31H25F2N3O4. The molecule has 202 valence electrons. The average Bonchev–Trinajstić information content (AvgIpc) is 2.95. The summed E-state index contributed by atoms with van der Waals surface area (Å²) in [4.78, 5) is 35.2. The molecule has 0 aliphatic rings. The SMILES string of the molecule is CCn1cc(C(=O)Cc2ccc(Oc3ccnc4cc(OC)c(C)nc34)c(F)c2)c(=O)c(-c2ccc(F)cc2)c1. The number of benzene rings is 2. The molecule has 5 rings (SSSR count). The molecule has 0 N–H and O–H groups in total. The molecule has 7 nitrogen and oxygen atoms in total.